The summed E-state index contributed by atoms with van der Waals surface area (Å²) in [5, 5.41) is -0.0921. The van der Waals surface area contributed by atoms with E-state index in [9.17, 15) is 0 Å². The average Bonchev–Trinajstić information content (AvgIpc) is 2.86. The highest BCUT2D eigenvalue weighted by molar-refractivity contribution is 6.20. The fourth-order valence-electron chi connectivity index (χ4n) is 3.61. The minimum Gasteiger partial charge on any atom is -0.308 e. The first-order valence-electron chi connectivity index (χ1n) is 8.06. The molecule has 2 heterocycles. The zero-order valence-electron chi connectivity index (χ0n) is 13.1. The summed E-state index contributed by atoms with van der Waals surface area (Å²) in [5.74, 6) is 1.68. The van der Waals surface area contributed by atoms with Crippen molar-refractivity contribution >= 4 is 22.8 Å². The van der Waals surface area contributed by atoms with Crippen molar-refractivity contribution in [1.82, 2.24) is 14.5 Å². The molecule has 3 nitrogen and oxygen atoms in total. The molecule has 0 spiro atoms. The third-order valence-electron chi connectivity index (χ3n) is 4.79. The molecule has 0 aliphatic heterocycles. The van der Waals surface area contributed by atoms with Gasteiger partial charge in [0.25, 0.3) is 0 Å². The van der Waals surface area contributed by atoms with Crippen molar-refractivity contribution in [3.05, 3.63) is 23.7 Å². The zero-order valence-corrected chi connectivity index (χ0v) is 13.9. The lowest BCUT2D eigenvalue weighted by Crippen LogP contribution is -2.21. The van der Waals surface area contributed by atoms with Gasteiger partial charge in [0.1, 0.15) is 11.3 Å². The number of nitrogens with zero attached hydrogens (tertiary/aromatic N) is 3. The molecule has 2 aromatic rings. The van der Waals surface area contributed by atoms with Gasteiger partial charge in [-0.1, -0.05) is 19.3 Å². The van der Waals surface area contributed by atoms with Gasteiger partial charge in [0.05, 0.1) is 5.38 Å². The Bertz CT molecular complexity index is 626. The predicted molar refractivity (Wildman–Crippen MR) is 87.8 cm³/mol. The molecule has 114 valence electrons. The highest BCUT2D eigenvalue weighted by Crippen LogP contribution is 2.36. The maximum Gasteiger partial charge on any atom is 0.160 e. The van der Waals surface area contributed by atoms with Crippen LogP contribution in [0.15, 0.2) is 12.3 Å². The second-order valence-electron chi connectivity index (χ2n) is 6.45. The molecular formula is C17H24ClN3. The molecule has 1 aliphatic carbocycles. The summed E-state index contributed by atoms with van der Waals surface area (Å²) < 4.78 is 2.29. The van der Waals surface area contributed by atoms with Gasteiger partial charge in [0.2, 0.25) is 0 Å². The van der Waals surface area contributed by atoms with E-state index in [4.69, 9.17) is 16.6 Å². The third kappa shape index (κ3) is 2.80. The van der Waals surface area contributed by atoms with Crippen LogP contribution in [-0.2, 0) is 0 Å². The van der Waals surface area contributed by atoms with Crippen LogP contribution in [0.5, 0.6) is 0 Å². The first kappa shape index (κ1) is 14.8. The summed E-state index contributed by atoms with van der Waals surface area (Å²) in [6.07, 6.45) is 8.62. The molecule has 0 aromatic carbocycles. The molecule has 1 aliphatic rings. The number of aryl methyl sites for hydroxylation is 1. The largest absolute Gasteiger partial charge is 0.308 e. The van der Waals surface area contributed by atoms with E-state index in [1.807, 2.05) is 13.1 Å². The van der Waals surface area contributed by atoms with Gasteiger partial charge in [-0.2, -0.15) is 0 Å². The maximum absolute atomic E-state index is 6.39. The Morgan fingerprint density at radius 2 is 1.95 bits per heavy atom. The van der Waals surface area contributed by atoms with E-state index < -0.39 is 0 Å². The van der Waals surface area contributed by atoms with Crippen molar-refractivity contribution in [2.45, 2.75) is 64.3 Å². The number of fused-ring (bicyclic) bond motifs is 1. The van der Waals surface area contributed by atoms with Crippen LogP contribution >= 0.6 is 11.6 Å². The summed E-state index contributed by atoms with van der Waals surface area (Å²) in [6.45, 7) is 6.36. The lowest BCUT2D eigenvalue weighted by Gasteiger charge is -2.30. The Kier molecular flexibility index (Phi) is 4.21. The first-order chi connectivity index (χ1) is 10.1. The molecule has 2 unspecified atom stereocenters. The molecule has 2 aromatic heterocycles. The van der Waals surface area contributed by atoms with Crippen molar-refractivity contribution < 1.29 is 0 Å². The van der Waals surface area contributed by atoms with Crippen molar-refractivity contribution in [2.75, 3.05) is 0 Å². The lowest BCUT2D eigenvalue weighted by molar-refractivity contribution is 0.263. The van der Waals surface area contributed by atoms with Crippen LogP contribution in [0.4, 0.5) is 0 Å². The van der Waals surface area contributed by atoms with Crippen molar-refractivity contribution in [2.24, 2.45) is 5.92 Å². The monoisotopic (exact) mass is 305 g/mol. The molecular weight excluding hydrogens is 282 g/mol. The minimum absolute atomic E-state index is 0.0921. The smallest absolute Gasteiger partial charge is 0.160 e. The predicted octanol–water partition coefficient (Wildman–Crippen LogP) is 5.18. The Labute approximate surface area is 131 Å². The highest BCUT2D eigenvalue weighted by Gasteiger charge is 2.26. The summed E-state index contributed by atoms with van der Waals surface area (Å²) in [7, 11) is 0. The Balaban J connectivity index is 2.07. The lowest BCUT2D eigenvalue weighted by atomic mass is 9.84. The van der Waals surface area contributed by atoms with E-state index in [1.54, 1.807) is 0 Å². The van der Waals surface area contributed by atoms with E-state index in [2.05, 4.69) is 29.5 Å². The normalized spacial score (nSPS) is 19.8. The fraction of sp³-hybridized carbons (Fsp3) is 0.647. The number of imidazole rings is 1. The summed E-state index contributed by atoms with van der Waals surface area (Å²) in [5.41, 5.74) is 3.10. The molecule has 4 heteroatoms. The molecule has 0 amide bonds. The van der Waals surface area contributed by atoms with Crippen LogP contribution in [0.2, 0.25) is 0 Å². The van der Waals surface area contributed by atoms with Gasteiger partial charge in [-0.15, -0.1) is 11.6 Å². The van der Waals surface area contributed by atoms with Crippen molar-refractivity contribution in [1.29, 1.82) is 0 Å². The number of alkyl halides is 1. The van der Waals surface area contributed by atoms with Crippen LogP contribution in [0, 0.1) is 12.8 Å². The van der Waals surface area contributed by atoms with Crippen molar-refractivity contribution in [3.63, 3.8) is 0 Å². The summed E-state index contributed by atoms with van der Waals surface area (Å²) in [4.78, 5) is 9.40. The maximum atomic E-state index is 6.39. The Morgan fingerprint density at radius 3 is 2.62 bits per heavy atom. The van der Waals surface area contributed by atoms with E-state index in [0.29, 0.717) is 12.0 Å². The molecule has 21 heavy (non-hydrogen) atoms. The number of hydrogen-bond donors (Lipinski definition) is 0. The van der Waals surface area contributed by atoms with Gasteiger partial charge in [0, 0.05) is 12.2 Å². The van der Waals surface area contributed by atoms with E-state index >= 15 is 0 Å². The summed E-state index contributed by atoms with van der Waals surface area (Å²) >= 11 is 6.39. The molecule has 3 rings (SSSR count). The quantitative estimate of drug-likeness (QED) is 0.731. The van der Waals surface area contributed by atoms with Crippen LogP contribution in [-0.4, -0.2) is 14.5 Å². The van der Waals surface area contributed by atoms with Crippen LogP contribution in [0.3, 0.4) is 0 Å². The van der Waals surface area contributed by atoms with E-state index in [1.165, 1.54) is 32.1 Å². The zero-order chi connectivity index (χ0) is 15.0. The molecule has 1 fully saturated rings. The fourth-order valence-corrected chi connectivity index (χ4v) is 3.76. The van der Waals surface area contributed by atoms with Gasteiger partial charge in [-0.25, -0.2) is 9.97 Å². The van der Waals surface area contributed by atoms with Gasteiger partial charge in [-0.3, -0.25) is 0 Å². The van der Waals surface area contributed by atoms with Gasteiger partial charge >= 0.3 is 0 Å². The minimum atomic E-state index is -0.0921. The third-order valence-corrected chi connectivity index (χ3v) is 4.98. The Hall–Kier alpha value is -1.09. The molecule has 0 saturated heterocycles. The number of hydrogen-bond acceptors (Lipinski definition) is 2. The first-order valence-corrected chi connectivity index (χ1v) is 8.50. The van der Waals surface area contributed by atoms with Crippen LogP contribution < -0.4 is 0 Å². The van der Waals surface area contributed by atoms with Crippen LogP contribution in [0.1, 0.15) is 68.8 Å². The topological polar surface area (TPSA) is 30.7 Å². The number of halogens is 1. The molecule has 0 N–H and O–H groups in total. The highest BCUT2D eigenvalue weighted by atomic mass is 35.5. The van der Waals surface area contributed by atoms with E-state index in [-0.39, 0.29) is 5.38 Å². The van der Waals surface area contributed by atoms with Crippen molar-refractivity contribution in [3.8, 4) is 0 Å². The number of rotatable bonds is 3. The van der Waals surface area contributed by atoms with Gasteiger partial charge < -0.3 is 4.57 Å². The number of pyridine rings is 1. The second-order valence-corrected chi connectivity index (χ2v) is 7.10. The molecule has 0 radical (unpaired) electrons. The van der Waals surface area contributed by atoms with E-state index in [0.717, 1.165) is 22.6 Å². The van der Waals surface area contributed by atoms with Crippen LogP contribution in [0.25, 0.3) is 11.2 Å². The Morgan fingerprint density at radius 1 is 1.24 bits per heavy atom. The average molecular weight is 306 g/mol. The SMILES string of the molecule is Cc1cnc2c(c1)nc(C(C)Cl)n2C(C)C1CCCCC1. The second kappa shape index (κ2) is 5.96. The number of aromatic nitrogens is 3. The summed E-state index contributed by atoms with van der Waals surface area (Å²) in [6, 6.07) is 2.52. The molecule has 2 atom stereocenters. The standard InChI is InChI=1S/C17H24ClN3/c1-11-9-15-17(19-10-11)21(16(20-15)12(2)18)13(3)14-7-5-4-6-8-14/h9-10,12-14H,4-8H2,1-3H3. The van der Waals surface area contributed by atoms with Gasteiger partial charge in [0.15, 0.2) is 5.65 Å². The molecule has 0 bridgehead atoms. The van der Waals surface area contributed by atoms with Gasteiger partial charge in [-0.05, 0) is 51.2 Å². The molecule has 1 saturated carbocycles.